The van der Waals surface area contributed by atoms with Gasteiger partial charge in [0.05, 0.1) is 12.2 Å². The molecule has 1 aromatic rings. The van der Waals surface area contributed by atoms with Crippen LogP contribution < -0.4 is 5.32 Å². The molecule has 0 bridgehead atoms. The van der Waals surface area contributed by atoms with Crippen LogP contribution in [0, 0.1) is 19.8 Å². The van der Waals surface area contributed by atoms with Crippen LogP contribution in [-0.2, 0) is 13.6 Å². The highest BCUT2D eigenvalue weighted by atomic mass is 127. The zero-order chi connectivity index (χ0) is 15.4. The van der Waals surface area contributed by atoms with Crippen molar-refractivity contribution in [3.8, 4) is 0 Å². The predicted molar refractivity (Wildman–Crippen MR) is 103 cm³/mol. The Morgan fingerprint density at radius 3 is 2.68 bits per heavy atom. The minimum atomic E-state index is 0. The van der Waals surface area contributed by atoms with Crippen molar-refractivity contribution in [1.29, 1.82) is 0 Å². The minimum Gasteiger partial charge on any atom is -0.357 e. The third-order valence-electron chi connectivity index (χ3n) is 4.34. The summed E-state index contributed by atoms with van der Waals surface area (Å²) in [7, 11) is 1.99. The van der Waals surface area contributed by atoms with Crippen LogP contribution >= 0.6 is 24.0 Å². The molecule has 126 valence electrons. The first-order valence-corrected chi connectivity index (χ1v) is 8.05. The average molecular weight is 419 g/mol. The fraction of sp³-hybridized carbons (Fsp3) is 0.750. The van der Waals surface area contributed by atoms with Gasteiger partial charge in [-0.25, -0.2) is 4.99 Å². The maximum atomic E-state index is 4.85. The highest BCUT2D eigenvalue weighted by Gasteiger charge is 2.19. The molecule has 1 atom stereocenters. The molecule has 2 heterocycles. The second kappa shape index (κ2) is 8.74. The van der Waals surface area contributed by atoms with Crippen molar-refractivity contribution in [2.75, 3.05) is 19.6 Å². The maximum absolute atomic E-state index is 4.85. The number of aliphatic imine (C=N–C) groups is 1. The lowest BCUT2D eigenvalue weighted by molar-refractivity contribution is 0.266. The highest BCUT2D eigenvalue weighted by Crippen LogP contribution is 2.17. The van der Waals surface area contributed by atoms with E-state index >= 15 is 0 Å². The molecule has 1 aliphatic rings. The number of rotatable bonds is 3. The Hall–Kier alpha value is -0.790. The van der Waals surface area contributed by atoms with E-state index in [0.29, 0.717) is 6.54 Å². The summed E-state index contributed by atoms with van der Waals surface area (Å²) in [4.78, 5) is 7.26. The maximum Gasteiger partial charge on any atom is 0.194 e. The molecule has 1 aliphatic heterocycles. The predicted octanol–water partition coefficient (Wildman–Crippen LogP) is 2.85. The summed E-state index contributed by atoms with van der Waals surface area (Å²) in [6, 6.07) is 0. The summed E-state index contributed by atoms with van der Waals surface area (Å²) in [5.74, 6) is 1.80. The number of hydrogen-bond donors (Lipinski definition) is 1. The molecule has 0 radical (unpaired) electrons. The van der Waals surface area contributed by atoms with E-state index < -0.39 is 0 Å². The summed E-state index contributed by atoms with van der Waals surface area (Å²) in [6.45, 7) is 12.5. The fourth-order valence-electron chi connectivity index (χ4n) is 3.01. The molecule has 2 rings (SSSR count). The van der Waals surface area contributed by atoms with E-state index in [-0.39, 0.29) is 24.0 Å². The Labute approximate surface area is 151 Å². The van der Waals surface area contributed by atoms with E-state index in [1.807, 2.05) is 11.7 Å². The van der Waals surface area contributed by atoms with Gasteiger partial charge in [-0.05, 0) is 39.5 Å². The molecule has 5 nitrogen and oxygen atoms in total. The van der Waals surface area contributed by atoms with E-state index in [9.17, 15) is 0 Å². The third kappa shape index (κ3) is 4.60. The Morgan fingerprint density at radius 2 is 2.14 bits per heavy atom. The standard InChI is InChI=1S/C16H29N5.HI/c1-6-17-16(21-9-7-8-12(2)11-21)18-10-15-13(3)19-20(5)14(15)4;/h12H,6-11H2,1-5H3,(H,17,18);1H. The first kappa shape index (κ1) is 19.3. The first-order valence-electron chi connectivity index (χ1n) is 8.05. The van der Waals surface area contributed by atoms with Gasteiger partial charge in [0.15, 0.2) is 5.96 Å². The zero-order valence-electron chi connectivity index (χ0n) is 14.5. The molecule has 0 saturated carbocycles. The van der Waals surface area contributed by atoms with E-state index in [1.165, 1.54) is 24.1 Å². The number of piperidine rings is 1. The molecule has 1 N–H and O–H groups in total. The lowest BCUT2D eigenvalue weighted by Gasteiger charge is -2.33. The van der Waals surface area contributed by atoms with Crippen molar-refractivity contribution in [1.82, 2.24) is 20.0 Å². The lowest BCUT2D eigenvalue weighted by Crippen LogP contribution is -2.46. The van der Waals surface area contributed by atoms with Crippen LogP contribution in [0.4, 0.5) is 0 Å². The first-order chi connectivity index (χ1) is 10.0. The molecule has 1 saturated heterocycles. The summed E-state index contributed by atoms with van der Waals surface area (Å²) >= 11 is 0. The molecule has 0 aliphatic carbocycles. The fourth-order valence-corrected chi connectivity index (χ4v) is 3.01. The summed E-state index contributed by atoms with van der Waals surface area (Å²) in [6.07, 6.45) is 2.59. The van der Waals surface area contributed by atoms with Gasteiger partial charge >= 0.3 is 0 Å². The largest absolute Gasteiger partial charge is 0.357 e. The number of aryl methyl sites for hydroxylation is 2. The van der Waals surface area contributed by atoms with Gasteiger partial charge in [-0.2, -0.15) is 5.10 Å². The molecule has 0 amide bonds. The molecular weight excluding hydrogens is 389 g/mol. The summed E-state index contributed by atoms with van der Waals surface area (Å²) < 4.78 is 1.94. The van der Waals surface area contributed by atoms with Crippen molar-refractivity contribution in [2.24, 2.45) is 18.0 Å². The summed E-state index contributed by atoms with van der Waals surface area (Å²) in [5.41, 5.74) is 3.54. The number of halogens is 1. The SMILES string of the molecule is CCNC(=NCc1c(C)nn(C)c1C)N1CCCC(C)C1.I. The quantitative estimate of drug-likeness (QED) is 0.466. The van der Waals surface area contributed by atoms with Crippen LogP contribution in [0.1, 0.15) is 43.6 Å². The van der Waals surface area contributed by atoms with Crippen molar-refractivity contribution in [3.63, 3.8) is 0 Å². The molecule has 1 unspecified atom stereocenters. The third-order valence-corrected chi connectivity index (χ3v) is 4.34. The Kier molecular flexibility index (Phi) is 7.65. The Balaban J connectivity index is 0.00000242. The van der Waals surface area contributed by atoms with Gasteiger partial charge in [0.2, 0.25) is 0 Å². The second-order valence-electron chi connectivity index (χ2n) is 6.14. The van der Waals surface area contributed by atoms with Crippen molar-refractivity contribution in [3.05, 3.63) is 17.0 Å². The van der Waals surface area contributed by atoms with E-state index in [1.54, 1.807) is 0 Å². The molecule has 1 fully saturated rings. The second-order valence-corrected chi connectivity index (χ2v) is 6.14. The van der Waals surface area contributed by atoms with Gasteiger partial charge in [0.1, 0.15) is 0 Å². The monoisotopic (exact) mass is 419 g/mol. The Bertz CT molecular complexity index is 509. The van der Waals surface area contributed by atoms with Gasteiger partial charge in [0.25, 0.3) is 0 Å². The smallest absolute Gasteiger partial charge is 0.194 e. The van der Waals surface area contributed by atoms with Crippen LogP contribution in [0.3, 0.4) is 0 Å². The van der Waals surface area contributed by atoms with Gasteiger partial charge in [-0.1, -0.05) is 6.92 Å². The highest BCUT2D eigenvalue weighted by molar-refractivity contribution is 14.0. The molecule has 6 heteroatoms. The lowest BCUT2D eigenvalue weighted by atomic mass is 10.0. The van der Waals surface area contributed by atoms with Gasteiger partial charge in [-0.3, -0.25) is 4.68 Å². The van der Waals surface area contributed by atoms with Crippen LogP contribution in [0.2, 0.25) is 0 Å². The number of guanidine groups is 1. The number of hydrogen-bond acceptors (Lipinski definition) is 2. The van der Waals surface area contributed by atoms with Crippen molar-refractivity contribution < 1.29 is 0 Å². The van der Waals surface area contributed by atoms with Crippen LogP contribution in [0.5, 0.6) is 0 Å². The average Bonchev–Trinajstić information content (AvgIpc) is 2.69. The summed E-state index contributed by atoms with van der Waals surface area (Å²) in [5, 5.41) is 7.91. The van der Waals surface area contributed by atoms with E-state index in [0.717, 1.165) is 37.2 Å². The molecular formula is C16H30IN5. The number of aromatic nitrogens is 2. The molecule has 22 heavy (non-hydrogen) atoms. The van der Waals surface area contributed by atoms with Crippen LogP contribution in [0.25, 0.3) is 0 Å². The van der Waals surface area contributed by atoms with Gasteiger partial charge in [0, 0.05) is 37.9 Å². The molecule has 1 aromatic heterocycles. The van der Waals surface area contributed by atoms with Gasteiger partial charge < -0.3 is 10.2 Å². The molecule has 0 spiro atoms. The normalized spacial score (nSPS) is 19.0. The Morgan fingerprint density at radius 1 is 1.41 bits per heavy atom. The number of nitrogens with zero attached hydrogens (tertiary/aromatic N) is 4. The molecule has 0 aromatic carbocycles. The minimum absolute atomic E-state index is 0. The van der Waals surface area contributed by atoms with Crippen molar-refractivity contribution in [2.45, 2.75) is 47.1 Å². The topological polar surface area (TPSA) is 45.5 Å². The van der Waals surface area contributed by atoms with E-state index in [2.05, 4.69) is 43.0 Å². The number of likely N-dealkylation sites (tertiary alicyclic amines) is 1. The van der Waals surface area contributed by atoms with E-state index in [4.69, 9.17) is 4.99 Å². The number of nitrogens with one attached hydrogen (secondary N) is 1. The van der Waals surface area contributed by atoms with Gasteiger partial charge in [-0.15, -0.1) is 24.0 Å². The van der Waals surface area contributed by atoms with Crippen LogP contribution in [0.15, 0.2) is 4.99 Å². The zero-order valence-corrected chi connectivity index (χ0v) is 16.8. The van der Waals surface area contributed by atoms with Crippen molar-refractivity contribution >= 4 is 29.9 Å². The van der Waals surface area contributed by atoms with Crippen LogP contribution in [-0.4, -0.2) is 40.3 Å².